The second-order valence-electron chi connectivity index (χ2n) is 5.78. The van der Waals surface area contributed by atoms with Crippen molar-refractivity contribution in [2.75, 3.05) is 5.32 Å². The molecule has 1 aromatic heterocycles. The van der Waals surface area contributed by atoms with E-state index in [0.717, 1.165) is 23.3 Å². The fraction of sp³-hybridized carbons (Fsp3) is 0.294. The minimum atomic E-state index is -0.477. The first-order valence-electron chi connectivity index (χ1n) is 7.22. The van der Waals surface area contributed by atoms with E-state index in [1.54, 1.807) is 0 Å². The van der Waals surface area contributed by atoms with E-state index < -0.39 is 5.91 Å². The zero-order valence-electron chi connectivity index (χ0n) is 12.9. The summed E-state index contributed by atoms with van der Waals surface area (Å²) in [6.45, 7) is 5.61. The molecule has 0 saturated heterocycles. The van der Waals surface area contributed by atoms with Gasteiger partial charge in [0.15, 0.2) is 0 Å². The average molecular weight is 314 g/mol. The lowest BCUT2D eigenvalue weighted by Crippen LogP contribution is -2.17. The molecule has 1 aliphatic rings. The molecule has 0 radical (unpaired) electrons. The van der Waals surface area contributed by atoms with E-state index >= 15 is 0 Å². The smallest absolute Gasteiger partial charge is 0.252 e. The van der Waals surface area contributed by atoms with Crippen LogP contribution < -0.4 is 11.1 Å². The van der Waals surface area contributed by atoms with Crippen molar-refractivity contribution in [1.29, 1.82) is 0 Å². The number of carbonyl (C=O) groups is 2. The predicted molar refractivity (Wildman–Crippen MR) is 89.5 cm³/mol. The minimum Gasteiger partial charge on any atom is -0.365 e. The first-order valence-corrected chi connectivity index (χ1v) is 8.03. The molecule has 3 N–H and O–H groups in total. The van der Waals surface area contributed by atoms with Gasteiger partial charge in [-0.3, -0.25) is 9.59 Å². The Kier molecular flexibility index (Phi) is 3.53. The molecule has 3 rings (SSSR count). The van der Waals surface area contributed by atoms with Crippen molar-refractivity contribution in [3.8, 4) is 10.4 Å². The Labute approximate surface area is 133 Å². The van der Waals surface area contributed by atoms with Gasteiger partial charge in [0.1, 0.15) is 5.00 Å². The van der Waals surface area contributed by atoms with Gasteiger partial charge in [-0.25, -0.2) is 0 Å². The number of amides is 2. The van der Waals surface area contributed by atoms with Crippen molar-refractivity contribution in [2.45, 2.75) is 33.6 Å². The van der Waals surface area contributed by atoms with Crippen molar-refractivity contribution in [1.82, 2.24) is 0 Å². The Bertz CT molecular complexity index is 805. The van der Waals surface area contributed by atoms with Gasteiger partial charge in [0, 0.05) is 11.8 Å². The normalized spacial score (nSPS) is 12.5. The van der Waals surface area contributed by atoms with E-state index in [1.165, 1.54) is 40.5 Å². The molecule has 1 aliphatic carbocycles. The molecular weight excluding hydrogens is 296 g/mol. The van der Waals surface area contributed by atoms with Crippen LogP contribution in [0.1, 0.15) is 39.5 Å². The number of carbonyl (C=O) groups excluding carboxylic acids is 2. The van der Waals surface area contributed by atoms with Gasteiger partial charge in [0.2, 0.25) is 5.91 Å². The lowest BCUT2D eigenvalue weighted by Gasteiger charge is -2.20. The zero-order chi connectivity index (χ0) is 16.0. The van der Waals surface area contributed by atoms with E-state index in [4.69, 9.17) is 5.73 Å². The van der Waals surface area contributed by atoms with Crippen molar-refractivity contribution in [2.24, 2.45) is 5.73 Å². The number of hydrogen-bond acceptors (Lipinski definition) is 3. The van der Waals surface area contributed by atoms with E-state index in [1.807, 2.05) is 0 Å². The Balaban J connectivity index is 2.26. The van der Waals surface area contributed by atoms with Gasteiger partial charge in [0.05, 0.1) is 5.56 Å². The van der Waals surface area contributed by atoms with Crippen LogP contribution in [0.5, 0.6) is 0 Å². The summed E-state index contributed by atoms with van der Waals surface area (Å²) in [4.78, 5) is 24.3. The highest BCUT2D eigenvalue weighted by Gasteiger charge is 2.28. The fourth-order valence-electron chi connectivity index (χ4n) is 3.25. The number of nitrogens with one attached hydrogen (secondary N) is 1. The fourth-order valence-corrected chi connectivity index (χ4v) is 4.70. The minimum absolute atomic E-state index is 0.193. The maximum absolute atomic E-state index is 11.9. The number of hydrogen-bond donors (Lipinski definition) is 2. The molecule has 114 valence electrons. The SMILES string of the molecule is CC(=O)Nc1sc2c(c1C(N)=O)CCc1cc(C)cc(C)c1-2. The summed E-state index contributed by atoms with van der Waals surface area (Å²) in [5.41, 5.74) is 11.9. The summed E-state index contributed by atoms with van der Waals surface area (Å²) in [7, 11) is 0. The first kappa shape index (κ1) is 14.8. The molecule has 0 aliphatic heterocycles. The molecule has 4 nitrogen and oxygen atoms in total. The quantitative estimate of drug-likeness (QED) is 0.893. The molecule has 0 atom stereocenters. The number of rotatable bonds is 2. The number of aryl methyl sites for hydroxylation is 3. The molecule has 0 saturated carbocycles. The van der Waals surface area contributed by atoms with Crippen LogP contribution in [-0.2, 0) is 17.6 Å². The van der Waals surface area contributed by atoms with E-state index in [9.17, 15) is 9.59 Å². The van der Waals surface area contributed by atoms with Gasteiger partial charge >= 0.3 is 0 Å². The molecular formula is C17H18N2O2S. The lowest BCUT2D eigenvalue weighted by atomic mass is 9.86. The van der Waals surface area contributed by atoms with Crippen molar-refractivity contribution >= 4 is 28.2 Å². The largest absolute Gasteiger partial charge is 0.365 e. The van der Waals surface area contributed by atoms with Gasteiger partial charge in [-0.15, -0.1) is 11.3 Å². The number of primary amides is 1. The molecule has 0 unspecified atom stereocenters. The topological polar surface area (TPSA) is 72.2 Å². The van der Waals surface area contributed by atoms with Crippen LogP contribution >= 0.6 is 11.3 Å². The molecule has 0 spiro atoms. The number of nitrogens with two attached hydrogens (primary N) is 1. The highest BCUT2D eigenvalue weighted by atomic mass is 32.1. The maximum Gasteiger partial charge on any atom is 0.252 e. The van der Waals surface area contributed by atoms with Crippen molar-refractivity contribution < 1.29 is 9.59 Å². The van der Waals surface area contributed by atoms with Crippen molar-refractivity contribution in [3.05, 3.63) is 39.9 Å². The summed E-state index contributed by atoms with van der Waals surface area (Å²) in [6.07, 6.45) is 1.67. The van der Waals surface area contributed by atoms with E-state index in [0.29, 0.717) is 10.6 Å². The number of fused-ring (bicyclic) bond motifs is 3. The van der Waals surface area contributed by atoms with Crippen LogP contribution in [0.15, 0.2) is 12.1 Å². The average Bonchev–Trinajstić information content (AvgIpc) is 2.74. The second kappa shape index (κ2) is 5.25. The Morgan fingerprint density at radius 2 is 1.95 bits per heavy atom. The molecule has 0 fully saturated rings. The van der Waals surface area contributed by atoms with Crippen LogP contribution in [0.25, 0.3) is 10.4 Å². The highest BCUT2D eigenvalue weighted by molar-refractivity contribution is 7.20. The number of benzene rings is 1. The third-order valence-corrected chi connectivity index (χ3v) is 5.14. The van der Waals surface area contributed by atoms with Crippen LogP contribution in [0.2, 0.25) is 0 Å². The monoisotopic (exact) mass is 314 g/mol. The highest BCUT2D eigenvalue weighted by Crippen LogP contribution is 2.46. The van der Waals surface area contributed by atoms with E-state index in [-0.39, 0.29) is 5.91 Å². The van der Waals surface area contributed by atoms with Crippen LogP contribution in [0.4, 0.5) is 5.00 Å². The maximum atomic E-state index is 11.9. The molecule has 1 aromatic carbocycles. The predicted octanol–water partition coefficient (Wildman–Crippen LogP) is 3.19. The second-order valence-corrected chi connectivity index (χ2v) is 6.80. The van der Waals surface area contributed by atoms with Crippen LogP contribution in [0, 0.1) is 13.8 Å². The summed E-state index contributed by atoms with van der Waals surface area (Å²) in [5, 5.41) is 3.32. The standard InChI is InChI=1S/C17H18N2O2S/c1-8-6-9(2)13-11(7-8)4-5-12-14(16(18)21)17(19-10(3)20)22-15(12)13/h6-7H,4-5H2,1-3H3,(H2,18,21)(H,19,20). The molecule has 2 amide bonds. The van der Waals surface area contributed by atoms with Gasteiger partial charge in [0.25, 0.3) is 5.91 Å². The number of anilines is 1. The Morgan fingerprint density at radius 3 is 2.59 bits per heavy atom. The van der Waals surface area contributed by atoms with Gasteiger partial charge in [-0.1, -0.05) is 17.7 Å². The molecule has 2 aromatic rings. The first-order chi connectivity index (χ1) is 10.4. The molecule has 22 heavy (non-hydrogen) atoms. The van der Waals surface area contributed by atoms with Crippen LogP contribution in [-0.4, -0.2) is 11.8 Å². The molecule has 5 heteroatoms. The molecule has 0 bridgehead atoms. The van der Waals surface area contributed by atoms with Gasteiger partial charge in [-0.2, -0.15) is 0 Å². The summed E-state index contributed by atoms with van der Waals surface area (Å²) in [5.74, 6) is -0.670. The number of thiophene rings is 1. The Hall–Kier alpha value is -2.14. The lowest BCUT2D eigenvalue weighted by molar-refractivity contribution is -0.114. The third kappa shape index (κ3) is 2.31. The third-order valence-electron chi connectivity index (χ3n) is 3.98. The summed E-state index contributed by atoms with van der Waals surface area (Å²) >= 11 is 1.45. The van der Waals surface area contributed by atoms with E-state index in [2.05, 4.69) is 31.3 Å². The summed E-state index contributed by atoms with van der Waals surface area (Å²) < 4.78 is 0. The summed E-state index contributed by atoms with van der Waals surface area (Å²) in [6, 6.07) is 4.35. The Morgan fingerprint density at radius 1 is 1.23 bits per heavy atom. The van der Waals surface area contributed by atoms with Gasteiger partial charge < -0.3 is 11.1 Å². The van der Waals surface area contributed by atoms with Crippen molar-refractivity contribution in [3.63, 3.8) is 0 Å². The molecule has 1 heterocycles. The zero-order valence-corrected chi connectivity index (χ0v) is 13.7. The van der Waals surface area contributed by atoms with Crippen LogP contribution in [0.3, 0.4) is 0 Å². The van der Waals surface area contributed by atoms with Gasteiger partial charge in [-0.05, 0) is 48.9 Å².